The molecule has 0 aliphatic rings. The molecule has 4 rings (SSSR count). The summed E-state index contributed by atoms with van der Waals surface area (Å²) in [6.07, 6.45) is 3.34. The number of nitrogens with zero attached hydrogens (tertiary/aromatic N) is 3. The topological polar surface area (TPSA) is 130 Å². The summed E-state index contributed by atoms with van der Waals surface area (Å²) < 4.78 is 41.0. The predicted octanol–water partition coefficient (Wildman–Crippen LogP) is 3.59. The highest BCUT2D eigenvalue weighted by Crippen LogP contribution is 2.38. The first-order valence-corrected chi connectivity index (χ1v) is 13.7. The number of hydrogen-bond acceptors (Lipinski definition) is 8. The number of aromatic nitrogens is 3. The molecule has 0 saturated carbocycles. The normalized spacial score (nSPS) is 11.4. The molecule has 0 bridgehead atoms. The highest BCUT2D eigenvalue weighted by Gasteiger charge is 2.31. The Hall–Kier alpha value is -4.38. The summed E-state index contributed by atoms with van der Waals surface area (Å²) in [4.78, 5) is 28.4. The number of rotatable bonds is 9. The number of methoxy groups -OCH3 is 2. The number of para-hydroxylation sites is 1. The van der Waals surface area contributed by atoms with E-state index in [-0.39, 0.29) is 33.5 Å². The molecule has 2 aromatic carbocycles. The van der Waals surface area contributed by atoms with Gasteiger partial charge in [-0.3, -0.25) is 18.7 Å². The average Bonchev–Trinajstić information content (AvgIpc) is 2.92. The van der Waals surface area contributed by atoms with E-state index in [1.807, 2.05) is 13.8 Å². The third kappa shape index (κ3) is 5.17. The lowest BCUT2D eigenvalue weighted by Gasteiger charge is -2.21. The number of aromatic hydroxyl groups is 1. The summed E-state index contributed by atoms with van der Waals surface area (Å²) in [7, 11) is -1.69. The minimum absolute atomic E-state index is 0.162. The zero-order valence-electron chi connectivity index (χ0n) is 22.0. The van der Waals surface area contributed by atoms with Gasteiger partial charge < -0.3 is 14.6 Å². The van der Waals surface area contributed by atoms with E-state index in [9.17, 15) is 23.1 Å². The van der Waals surface area contributed by atoms with Crippen LogP contribution in [0.4, 0.5) is 0 Å². The van der Waals surface area contributed by atoms with Gasteiger partial charge in [-0.05, 0) is 55.3 Å². The van der Waals surface area contributed by atoms with Gasteiger partial charge >= 0.3 is 0 Å². The zero-order chi connectivity index (χ0) is 28.3. The highest BCUT2D eigenvalue weighted by atomic mass is 32.2. The smallest absolute Gasteiger partial charge is 0.296 e. The van der Waals surface area contributed by atoms with Crippen molar-refractivity contribution < 1.29 is 23.0 Å². The third-order valence-corrected chi connectivity index (χ3v) is 8.02. The summed E-state index contributed by atoms with van der Waals surface area (Å²) in [5.74, 6) is -0.0774. The molecule has 204 valence electrons. The first-order chi connectivity index (χ1) is 18.6. The lowest BCUT2D eigenvalue weighted by molar-refractivity contribution is 0.374. The van der Waals surface area contributed by atoms with Gasteiger partial charge in [0, 0.05) is 24.4 Å². The van der Waals surface area contributed by atoms with Gasteiger partial charge in [-0.1, -0.05) is 25.5 Å². The van der Waals surface area contributed by atoms with Crippen LogP contribution in [0.5, 0.6) is 17.4 Å². The Balaban J connectivity index is 1.93. The second-order valence-electron chi connectivity index (χ2n) is 8.85. The number of benzene rings is 2. The summed E-state index contributed by atoms with van der Waals surface area (Å²) in [6.45, 7) is 3.79. The van der Waals surface area contributed by atoms with Crippen LogP contribution >= 0.6 is 0 Å². The Morgan fingerprint density at radius 1 is 0.949 bits per heavy atom. The van der Waals surface area contributed by atoms with Gasteiger partial charge in [-0.2, -0.15) is 4.98 Å². The number of sulfone groups is 1. The van der Waals surface area contributed by atoms with Crippen LogP contribution in [0.25, 0.3) is 11.4 Å². The quantitative estimate of drug-likeness (QED) is 0.334. The van der Waals surface area contributed by atoms with Crippen molar-refractivity contribution in [2.75, 3.05) is 14.2 Å². The maximum Gasteiger partial charge on any atom is 0.296 e. The molecule has 0 radical (unpaired) electrons. The monoisotopic (exact) mass is 551 g/mol. The molecule has 0 spiro atoms. The predicted molar refractivity (Wildman–Crippen MR) is 145 cm³/mol. The molecule has 0 fully saturated rings. The van der Waals surface area contributed by atoms with Crippen molar-refractivity contribution in [1.29, 1.82) is 0 Å². The van der Waals surface area contributed by atoms with E-state index in [2.05, 4.69) is 4.98 Å². The molecule has 39 heavy (non-hydrogen) atoms. The summed E-state index contributed by atoms with van der Waals surface area (Å²) in [6, 6.07) is 13.5. The fourth-order valence-corrected chi connectivity index (χ4v) is 5.60. The molecule has 0 aliphatic heterocycles. The maximum absolute atomic E-state index is 13.7. The molecule has 11 heteroatoms. The van der Waals surface area contributed by atoms with Crippen molar-refractivity contribution in [3.05, 3.63) is 92.9 Å². The van der Waals surface area contributed by atoms with Crippen molar-refractivity contribution in [1.82, 2.24) is 14.1 Å². The molecule has 1 N–H and O–H groups in total. The third-order valence-electron chi connectivity index (χ3n) is 6.23. The van der Waals surface area contributed by atoms with Gasteiger partial charge in [0.25, 0.3) is 11.1 Å². The highest BCUT2D eigenvalue weighted by molar-refractivity contribution is 7.91. The minimum Gasteiger partial charge on any atom is -0.494 e. The van der Waals surface area contributed by atoms with Crippen molar-refractivity contribution in [3.63, 3.8) is 0 Å². The van der Waals surface area contributed by atoms with Crippen molar-refractivity contribution in [2.45, 2.75) is 42.9 Å². The molecular weight excluding hydrogens is 522 g/mol. The van der Waals surface area contributed by atoms with Crippen molar-refractivity contribution >= 4 is 9.84 Å². The van der Waals surface area contributed by atoms with Crippen LogP contribution < -0.4 is 20.6 Å². The van der Waals surface area contributed by atoms with E-state index in [1.165, 1.54) is 53.7 Å². The van der Waals surface area contributed by atoms with Crippen LogP contribution in [0.3, 0.4) is 0 Å². The Labute approximate surface area is 225 Å². The van der Waals surface area contributed by atoms with Crippen LogP contribution in [-0.4, -0.2) is 41.9 Å². The lowest BCUT2D eigenvalue weighted by atomic mass is 10.2. The van der Waals surface area contributed by atoms with E-state index in [0.29, 0.717) is 18.5 Å². The minimum atomic E-state index is -4.54. The SMILES string of the molecule is CCCCc1nc(=O)c(S(=O)(=O)c2ccc(-n3cc(C)ccc3=O)cc2)c(O)n1-c1c(OC)cccc1OC. The van der Waals surface area contributed by atoms with E-state index in [1.54, 1.807) is 30.5 Å². The summed E-state index contributed by atoms with van der Waals surface area (Å²) in [5.41, 5.74) is 0.134. The van der Waals surface area contributed by atoms with Crippen LogP contribution in [0.2, 0.25) is 0 Å². The molecule has 10 nitrogen and oxygen atoms in total. The molecule has 2 heterocycles. The average molecular weight is 552 g/mol. The van der Waals surface area contributed by atoms with E-state index >= 15 is 0 Å². The van der Waals surface area contributed by atoms with Crippen LogP contribution in [0.1, 0.15) is 31.2 Å². The van der Waals surface area contributed by atoms with Crippen molar-refractivity contribution in [2.24, 2.45) is 0 Å². The van der Waals surface area contributed by atoms with Gasteiger partial charge in [0.15, 0.2) is 4.90 Å². The Morgan fingerprint density at radius 2 is 1.59 bits per heavy atom. The van der Waals surface area contributed by atoms with Gasteiger partial charge in [0.05, 0.1) is 19.1 Å². The second kappa shape index (κ2) is 11.2. The van der Waals surface area contributed by atoms with E-state index in [0.717, 1.165) is 12.0 Å². The second-order valence-corrected chi connectivity index (χ2v) is 10.7. The lowest BCUT2D eigenvalue weighted by Crippen LogP contribution is -2.25. The fourth-order valence-electron chi connectivity index (χ4n) is 4.26. The fraction of sp³-hybridized carbons (Fsp3) is 0.250. The molecule has 0 aliphatic carbocycles. The largest absolute Gasteiger partial charge is 0.494 e. The Kier molecular flexibility index (Phi) is 7.91. The number of ether oxygens (including phenoxy) is 2. The van der Waals surface area contributed by atoms with Crippen molar-refractivity contribution in [3.8, 4) is 28.8 Å². The molecule has 4 aromatic rings. The van der Waals surface area contributed by atoms with Gasteiger partial charge in [-0.25, -0.2) is 8.42 Å². The first-order valence-electron chi connectivity index (χ1n) is 12.2. The standard InChI is InChI=1S/C28H29N3O7S/c1-5-6-10-23-29-27(33)26(28(34)31(23)25-21(37-3)8-7-9-22(25)38-4)39(35,36)20-14-12-19(13-15-20)30-17-18(2)11-16-24(30)32/h7-9,11-17,34H,5-6,10H2,1-4H3. The van der Waals surface area contributed by atoms with Crippen LogP contribution in [0.15, 0.2) is 80.2 Å². The molecule has 2 aromatic heterocycles. The summed E-state index contributed by atoms with van der Waals surface area (Å²) >= 11 is 0. The molecule has 0 amide bonds. The van der Waals surface area contributed by atoms with Crippen LogP contribution in [0, 0.1) is 6.92 Å². The van der Waals surface area contributed by atoms with E-state index < -0.39 is 26.2 Å². The number of pyridine rings is 1. The maximum atomic E-state index is 13.7. The number of hydrogen-bond donors (Lipinski definition) is 1. The Morgan fingerprint density at radius 3 is 2.18 bits per heavy atom. The number of unbranched alkanes of at least 4 members (excludes halogenated alkanes) is 1. The molecule has 0 atom stereocenters. The first kappa shape index (κ1) is 27.6. The Bertz CT molecular complexity index is 1720. The van der Waals surface area contributed by atoms with Gasteiger partial charge in [0.2, 0.25) is 15.7 Å². The van der Waals surface area contributed by atoms with Gasteiger partial charge in [0.1, 0.15) is 23.0 Å². The zero-order valence-corrected chi connectivity index (χ0v) is 22.9. The summed E-state index contributed by atoms with van der Waals surface area (Å²) in [5, 5.41) is 11.4. The molecule has 0 unspecified atom stereocenters. The van der Waals surface area contributed by atoms with E-state index in [4.69, 9.17) is 9.47 Å². The number of aryl methyl sites for hydroxylation is 2. The van der Waals surface area contributed by atoms with Crippen LogP contribution in [-0.2, 0) is 16.3 Å². The molecule has 0 saturated heterocycles. The molecular formula is C28H29N3O7S. The van der Waals surface area contributed by atoms with Gasteiger partial charge in [-0.15, -0.1) is 0 Å².